The maximum atomic E-state index is 11.2. The third-order valence-corrected chi connectivity index (χ3v) is 1.91. The van der Waals surface area contributed by atoms with Gasteiger partial charge in [0, 0.05) is 0 Å². The van der Waals surface area contributed by atoms with Crippen LogP contribution in [-0.2, 0) is 9.59 Å². The third kappa shape index (κ3) is 4.31. The first-order valence-corrected chi connectivity index (χ1v) is 4.48. The van der Waals surface area contributed by atoms with Gasteiger partial charge in [-0.15, -0.1) is 0 Å². The van der Waals surface area contributed by atoms with Crippen LogP contribution in [0.4, 0.5) is 0 Å². The van der Waals surface area contributed by atoms with Crippen molar-refractivity contribution in [2.24, 2.45) is 17.2 Å². The second-order valence-electron chi connectivity index (χ2n) is 3.11. The molecule has 0 saturated carbocycles. The lowest BCUT2D eigenvalue weighted by atomic mass is 10.0. The van der Waals surface area contributed by atoms with E-state index in [0.717, 1.165) is 6.42 Å². The van der Waals surface area contributed by atoms with Crippen molar-refractivity contribution in [3.8, 4) is 0 Å². The maximum absolute atomic E-state index is 11.2. The van der Waals surface area contributed by atoms with E-state index in [1.807, 2.05) is 0 Å². The Morgan fingerprint density at radius 2 is 1.79 bits per heavy atom. The van der Waals surface area contributed by atoms with Crippen molar-refractivity contribution in [1.29, 1.82) is 0 Å². The van der Waals surface area contributed by atoms with Gasteiger partial charge >= 0.3 is 5.97 Å². The van der Waals surface area contributed by atoms with Crippen molar-refractivity contribution in [2.45, 2.75) is 31.3 Å². The average molecular weight is 203 g/mol. The fraction of sp³-hybridized carbons (Fsp3) is 0.750. The molecule has 0 spiro atoms. The lowest BCUT2D eigenvalue weighted by Crippen LogP contribution is -2.47. The number of hydrogen-bond donors (Lipinski definition) is 4. The Kier molecular flexibility index (Phi) is 6.02. The van der Waals surface area contributed by atoms with Crippen LogP contribution in [0.15, 0.2) is 0 Å². The molecule has 0 radical (unpaired) electrons. The Bertz CT molecular complexity index is 208. The highest BCUT2D eigenvalue weighted by Gasteiger charge is 2.25. The number of rotatable bonds is 7. The monoisotopic (exact) mass is 203 g/mol. The van der Waals surface area contributed by atoms with Gasteiger partial charge in [-0.05, 0) is 19.4 Å². The first-order valence-electron chi connectivity index (χ1n) is 4.48. The summed E-state index contributed by atoms with van der Waals surface area (Å²) in [7, 11) is 0. The van der Waals surface area contributed by atoms with Crippen LogP contribution in [0, 0.1) is 0 Å². The number of carbonyl (C=O) groups excluding carboxylic acids is 1. The van der Waals surface area contributed by atoms with E-state index in [4.69, 9.17) is 22.3 Å². The predicted octanol–water partition coefficient (Wildman–Crippen LogP) is -1.58. The molecule has 0 aromatic rings. The Labute approximate surface area is 82.4 Å². The van der Waals surface area contributed by atoms with Gasteiger partial charge in [0.05, 0.1) is 6.04 Å². The molecule has 2 atom stereocenters. The number of carboxylic acid groups (broad SMARTS) is 1. The molecule has 2 unspecified atom stereocenters. The van der Waals surface area contributed by atoms with Crippen LogP contribution in [-0.4, -0.2) is 35.5 Å². The summed E-state index contributed by atoms with van der Waals surface area (Å²) in [4.78, 5) is 21.6. The summed E-state index contributed by atoms with van der Waals surface area (Å²) < 4.78 is 0. The van der Waals surface area contributed by atoms with E-state index in [-0.39, 0.29) is 0 Å². The molecule has 14 heavy (non-hydrogen) atoms. The molecule has 7 N–H and O–H groups in total. The summed E-state index contributed by atoms with van der Waals surface area (Å²) in [5.74, 6) is -1.97. The minimum atomic E-state index is -1.51. The van der Waals surface area contributed by atoms with Crippen LogP contribution in [0.3, 0.4) is 0 Å². The first kappa shape index (κ1) is 13.0. The third-order valence-electron chi connectivity index (χ3n) is 1.91. The lowest BCUT2D eigenvalue weighted by molar-refractivity contribution is -0.142. The van der Waals surface area contributed by atoms with E-state index in [1.54, 1.807) is 0 Å². The van der Waals surface area contributed by atoms with Gasteiger partial charge in [-0.1, -0.05) is 6.42 Å². The van der Waals surface area contributed by atoms with Crippen molar-refractivity contribution in [2.75, 3.05) is 6.54 Å². The predicted molar refractivity (Wildman–Crippen MR) is 51.5 cm³/mol. The fourth-order valence-electron chi connectivity index (χ4n) is 1.00. The van der Waals surface area contributed by atoms with Crippen molar-refractivity contribution in [1.82, 2.24) is 0 Å². The van der Waals surface area contributed by atoms with Gasteiger partial charge in [-0.2, -0.15) is 0 Å². The molecule has 6 nitrogen and oxygen atoms in total. The molecule has 0 aliphatic heterocycles. The molecular formula is C8H17N3O3. The molecule has 0 saturated heterocycles. The van der Waals surface area contributed by atoms with Gasteiger partial charge < -0.3 is 22.3 Å². The van der Waals surface area contributed by atoms with E-state index in [2.05, 4.69) is 0 Å². The van der Waals surface area contributed by atoms with E-state index in [0.29, 0.717) is 19.4 Å². The number of aliphatic carboxylic acids is 1. The van der Waals surface area contributed by atoms with Crippen LogP contribution < -0.4 is 17.2 Å². The van der Waals surface area contributed by atoms with Crippen LogP contribution in [0.5, 0.6) is 0 Å². The van der Waals surface area contributed by atoms with Gasteiger partial charge in [-0.25, -0.2) is 0 Å². The Hall–Kier alpha value is -0.980. The molecule has 0 heterocycles. The summed E-state index contributed by atoms with van der Waals surface area (Å²) in [6, 6.07) is -2.31. The highest BCUT2D eigenvalue weighted by molar-refractivity contribution is 6.04. The number of ketones is 1. The molecule has 0 aromatic carbocycles. The van der Waals surface area contributed by atoms with E-state index in [9.17, 15) is 9.59 Å². The summed E-state index contributed by atoms with van der Waals surface area (Å²) in [6.07, 6.45) is 1.90. The second kappa shape index (κ2) is 6.47. The van der Waals surface area contributed by atoms with Gasteiger partial charge in [0.15, 0.2) is 11.8 Å². The van der Waals surface area contributed by atoms with Crippen LogP contribution in [0.25, 0.3) is 0 Å². The average Bonchev–Trinajstić information content (AvgIpc) is 2.15. The van der Waals surface area contributed by atoms with Gasteiger partial charge in [0.25, 0.3) is 0 Å². The molecular weight excluding hydrogens is 186 g/mol. The summed E-state index contributed by atoms with van der Waals surface area (Å²) in [5.41, 5.74) is 15.8. The van der Waals surface area contributed by atoms with Crippen LogP contribution >= 0.6 is 0 Å². The highest BCUT2D eigenvalue weighted by atomic mass is 16.4. The largest absolute Gasteiger partial charge is 0.480 e. The van der Waals surface area contributed by atoms with E-state index < -0.39 is 23.8 Å². The summed E-state index contributed by atoms with van der Waals surface area (Å²) in [5, 5.41) is 8.45. The number of carboxylic acids is 1. The second-order valence-corrected chi connectivity index (χ2v) is 3.11. The maximum Gasteiger partial charge on any atom is 0.328 e. The topological polar surface area (TPSA) is 132 Å². The Balaban J connectivity index is 3.92. The number of nitrogens with two attached hydrogens (primary N) is 3. The molecule has 82 valence electrons. The molecule has 0 bridgehead atoms. The van der Waals surface area contributed by atoms with Gasteiger partial charge in [0.2, 0.25) is 0 Å². The normalized spacial score (nSPS) is 14.8. The zero-order chi connectivity index (χ0) is 11.1. The molecule has 0 aromatic heterocycles. The number of unbranched alkanes of at least 4 members (excludes halogenated alkanes) is 1. The van der Waals surface area contributed by atoms with Crippen LogP contribution in [0.1, 0.15) is 19.3 Å². The molecule has 0 rings (SSSR count). The van der Waals surface area contributed by atoms with E-state index >= 15 is 0 Å². The fourth-order valence-corrected chi connectivity index (χ4v) is 1.00. The molecule has 0 aliphatic rings. The molecule has 0 fully saturated rings. The first-order chi connectivity index (χ1) is 6.50. The molecule has 0 amide bonds. The zero-order valence-corrected chi connectivity index (χ0v) is 7.98. The lowest BCUT2D eigenvalue weighted by Gasteiger charge is -2.12. The SMILES string of the molecule is NCCCCC(N)C(=O)C(N)C(=O)O. The van der Waals surface area contributed by atoms with Crippen molar-refractivity contribution < 1.29 is 14.7 Å². The molecule has 0 aliphatic carbocycles. The van der Waals surface area contributed by atoms with Crippen molar-refractivity contribution >= 4 is 11.8 Å². The number of Topliss-reactive ketones (excluding diaryl/α,β-unsaturated/α-hetero) is 1. The Morgan fingerprint density at radius 1 is 1.21 bits per heavy atom. The minimum absolute atomic E-state index is 0.428. The quantitative estimate of drug-likeness (QED) is 0.291. The summed E-state index contributed by atoms with van der Waals surface area (Å²) in [6.45, 7) is 0.534. The van der Waals surface area contributed by atoms with Crippen LogP contribution in [0.2, 0.25) is 0 Å². The Morgan fingerprint density at radius 3 is 2.21 bits per heavy atom. The summed E-state index contributed by atoms with van der Waals surface area (Å²) >= 11 is 0. The van der Waals surface area contributed by atoms with Crippen molar-refractivity contribution in [3.63, 3.8) is 0 Å². The number of carbonyl (C=O) groups is 2. The zero-order valence-electron chi connectivity index (χ0n) is 7.98. The van der Waals surface area contributed by atoms with Gasteiger partial charge in [-0.3, -0.25) is 9.59 Å². The van der Waals surface area contributed by atoms with Crippen molar-refractivity contribution in [3.05, 3.63) is 0 Å². The smallest absolute Gasteiger partial charge is 0.328 e. The minimum Gasteiger partial charge on any atom is -0.480 e. The molecule has 6 heteroatoms. The standard InChI is InChI=1S/C8H17N3O3/c9-4-2-1-3-5(10)7(12)6(11)8(13)14/h5-6H,1-4,9-11H2,(H,13,14). The number of hydrogen-bond acceptors (Lipinski definition) is 5. The van der Waals surface area contributed by atoms with E-state index in [1.165, 1.54) is 0 Å². The van der Waals surface area contributed by atoms with Gasteiger partial charge in [0.1, 0.15) is 0 Å². The highest BCUT2D eigenvalue weighted by Crippen LogP contribution is 2.00.